The number of likely N-dealkylation sites (tertiary alicyclic amines) is 1. The molecule has 1 aromatic heterocycles. The first-order valence-electron chi connectivity index (χ1n) is 10.8. The molecule has 3 aromatic rings. The van der Waals surface area contributed by atoms with Crippen molar-refractivity contribution in [1.29, 1.82) is 0 Å². The number of para-hydroxylation sites is 1. The molecule has 0 spiro atoms. The molecule has 1 atom stereocenters. The first-order chi connectivity index (χ1) is 15.7. The smallest absolute Gasteiger partial charge is 0.241 e. The Hall–Kier alpha value is -2.82. The molecular formula is C23H26N4O4S2. The van der Waals surface area contributed by atoms with E-state index in [0.717, 1.165) is 23.4 Å². The van der Waals surface area contributed by atoms with Crippen LogP contribution in [0.15, 0.2) is 53.4 Å². The average molecular weight is 487 g/mol. The number of hydrogen-bond donors (Lipinski definition) is 2. The molecule has 33 heavy (non-hydrogen) atoms. The van der Waals surface area contributed by atoms with Crippen LogP contribution in [-0.4, -0.2) is 49.2 Å². The number of sulfonamides is 1. The van der Waals surface area contributed by atoms with Gasteiger partial charge in [-0.1, -0.05) is 12.1 Å². The molecule has 2 aromatic carbocycles. The molecule has 0 bridgehead atoms. The molecule has 1 saturated heterocycles. The summed E-state index contributed by atoms with van der Waals surface area (Å²) in [5, 5.41) is 3.69. The maximum absolute atomic E-state index is 12.9. The number of benzene rings is 2. The zero-order valence-electron chi connectivity index (χ0n) is 18.4. The van der Waals surface area contributed by atoms with Crippen LogP contribution < -0.4 is 10.0 Å². The Labute approximate surface area is 197 Å². The summed E-state index contributed by atoms with van der Waals surface area (Å²) in [5.41, 5.74) is 1.51. The lowest BCUT2D eigenvalue weighted by molar-refractivity contribution is -0.133. The molecule has 1 fully saturated rings. The van der Waals surface area contributed by atoms with Gasteiger partial charge in [-0.05, 0) is 56.2 Å². The third-order valence-corrected chi connectivity index (χ3v) is 8.41. The summed E-state index contributed by atoms with van der Waals surface area (Å²) >= 11 is 1.70. The van der Waals surface area contributed by atoms with Crippen molar-refractivity contribution in [2.45, 2.75) is 43.5 Å². The molecule has 0 unspecified atom stereocenters. The Morgan fingerprint density at radius 2 is 1.76 bits per heavy atom. The van der Waals surface area contributed by atoms with E-state index in [1.54, 1.807) is 23.2 Å². The topological polar surface area (TPSA) is 108 Å². The predicted molar refractivity (Wildman–Crippen MR) is 129 cm³/mol. The van der Waals surface area contributed by atoms with E-state index in [1.165, 1.54) is 35.9 Å². The molecule has 8 nitrogen and oxygen atoms in total. The van der Waals surface area contributed by atoms with E-state index in [4.69, 9.17) is 4.98 Å². The lowest BCUT2D eigenvalue weighted by atomic mass is 9.97. The van der Waals surface area contributed by atoms with Crippen LogP contribution in [-0.2, 0) is 19.6 Å². The molecule has 0 saturated carbocycles. The molecule has 10 heteroatoms. The van der Waals surface area contributed by atoms with E-state index in [0.29, 0.717) is 24.7 Å². The number of nitrogens with zero attached hydrogens (tertiary/aromatic N) is 2. The second-order valence-electron chi connectivity index (χ2n) is 8.17. The number of piperidine rings is 1. The second kappa shape index (κ2) is 9.58. The van der Waals surface area contributed by atoms with E-state index < -0.39 is 16.1 Å². The van der Waals surface area contributed by atoms with Crippen molar-refractivity contribution in [3.8, 4) is 0 Å². The fourth-order valence-corrected chi connectivity index (χ4v) is 6.29. The van der Waals surface area contributed by atoms with Gasteiger partial charge in [0.15, 0.2) is 0 Å². The van der Waals surface area contributed by atoms with Gasteiger partial charge in [0.05, 0.1) is 26.2 Å². The van der Waals surface area contributed by atoms with Crippen molar-refractivity contribution in [3.63, 3.8) is 0 Å². The quantitative estimate of drug-likeness (QED) is 0.556. The van der Waals surface area contributed by atoms with E-state index in [2.05, 4.69) is 16.1 Å². The van der Waals surface area contributed by atoms with Gasteiger partial charge < -0.3 is 10.2 Å². The highest BCUT2D eigenvalue weighted by Gasteiger charge is 2.30. The van der Waals surface area contributed by atoms with Crippen LogP contribution >= 0.6 is 11.3 Å². The predicted octanol–water partition coefficient (Wildman–Crippen LogP) is 3.33. The highest BCUT2D eigenvalue weighted by Crippen LogP contribution is 2.34. The molecule has 174 valence electrons. The summed E-state index contributed by atoms with van der Waals surface area (Å²) in [5.74, 6) is -0.174. The van der Waals surface area contributed by atoms with Crippen LogP contribution in [0.5, 0.6) is 0 Å². The van der Waals surface area contributed by atoms with Gasteiger partial charge in [-0.15, -0.1) is 11.3 Å². The van der Waals surface area contributed by atoms with Crippen LogP contribution in [0.3, 0.4) is 0 Å². The Kier molecular flexibility index (Phi) is 6.78. The van der Waals surface area contributed by atoms with Crippen LogP contribution in [0, 0.1) is 0 Å². The van der Waals surface area contributed by atoms with Gasteiger partial charge in [-0.2, -0.15) is 4.72 Å². The molecular weight excluding hydrogens is 460 g/mol. The summed E-state index contributed by atoms with van der Waals surface area (Å²) < 4.78 is 29.1. The average Bonchev–Trinajstić information content (AvgIpc) is 3.23. The fourth-order valence-electron chi connectivity index (χ4n) is 3.96. The molecule has 4 rings (SSSR count). The van der Waals surface area contributed by atoms with E-state index in [1.807, 2.05) is 18.2 Å². The zero-order chi connectivity index (χ0) is 23.6. The van der Waals surface area contributed by atoms with Gasteiger partial charge in [0.2, 0.25) is 21.8 Å². The lowest BCUT2D eigenvalue weighted by Gasteiger charge is -2.33. The van der Waals surface area contributed by atoms with Crippen molar-refractivity contribution < 1.29 is 18.0 Å². The summed E-state index contributed by atoms with van der Waals surface area (Å²) in [7, 11) is -3.88. The summed E-state index contributed by atoms with van der Waals surface area (Å²) in [6.45, 7) is 4.07. The largest absolute Gasteiger partial charge is 0.341 e. The Morgan fingerprint density at radius 1 is 1.09 bits per heavy atom. The maximum Gasteiger partial charge on any atom is 0.241 e. The van der Waals surface area contributed by atoms with E-state index >= 15 is 0 Å². The van der Waals surface area contributed by atoms with E-state index in [9.17, 15) is 18.0 Å². The Balaban J connectivity index is 1.34. The van der Waals surface area contributed by atoms with Crippen molar-refractivity contribution in [2.75, 3.05) is 18.4 Å². The zero-order valence-corrected chi connectivity index (χ0v) is 20.1. The van der Waals surface area contributed by atoms with Crippen molar-refractivity contribution in [1.82, 2.24) is 14.6 Å². The van der Waals surface area contributed by atoms with Crippen LogP contribution in [0.4, 0.5) is 5.69 Å². The normalized spacial score (nSPS) is 16.0. The van der Waals surface area contributed by atoms with Crippen LogP contribution in [0.2, 0.25) is 0 Å². The number of carbonyl (C=O) groups excluding carboxylic acids is 2. The lowest BCUT2D eigenvalue weighted by Crippen LogP contribution is -2.49. The third-order valence-electron chi connectivity index (χ3n) is 5.65. The van der Waals surface area contributed by atoms with Gasteiger partial charge in [-0.3, -0.25) is 9.59 Å². The van der Waals surface area contributed by atoms with Gasteiger partial charge in [0, 0.05) is 31.6 Å². The Bertz CT molecular complexity index is 1230. The van der Waals surface area contributed by atoms with Gasteiger partial charge in [0.1, 0.15) is 0 Å². The molecule has 0 aliphatic carbocycles. The Morgan fingerprint density at radius 3 is 2.39 bits per heavy atom. The van der Waals surface area contributed by atoms with E-state index in [-0.39, 0.29) is 16.7 Å². The van der Waals surface area contributed by atoms with Crippen molar-refractivity contribution >= 4 is 49.1 Å². The summed E-state index contributed by atoms with van der Waals surface area (Å²) in [6.07, 6.45) is 1.60. The highest BCUT2D eigenvalue weighted by atomic mass is 32.2. The number of thiazole rings is 1. The highest BCUT2D eigenvalue weighted by molar-refractivity contribution is 7.89. The minimum Gasteiger partial charge on any atom is -0.341 e. The van der Waals surface area contributed by atoms with Crippen LogP contribution in [0.1, 0.15) is 37.6 Å². The third kappa shape index (κ3) is 5.40. The van der Waals surface area contributed by atoms with Crippen molar-refractivity contribution in [3.05, 3.63) is 53.5 Å². The maximum atomic E-state index is 12.9. The molecule has 1 aliphatic rings. The standard InChI is InChI=1S/C23H26N4O4S2/c1-15(26-33(30,31)19-9-7-18(8-10-19)24-16(2)28)23(29)27-13-11-17(12-14-27)22-25-20-5-3-4-6-21(20)32-22/h3-10,15,17,26H,11-14H2,1-2H3,(H,24,28)/t15-/m0/s1. The molecule has 0 radical (unpaired) electrons. The van der Waals surface area contributed by atoms with Crippen LogP contribution in [0.25, 0.3) is 10.2 Å². The number of aromatic nitrogens is 1. The summed E-state index contributed by atoms with van der Waals surface area (Å²) in [4.78, 5) is 30.5. The number of hydrogen-bond acceptors (Lipinski definition) is 6. The number of anilines is 1. The minimum absolute atomic E-state index is 0.0331. The first kappa shape index (κ1) is 23.3. The molecule has 2 heterocycles. The summed E-state index contributed by atoms with van der Waals surface area (Å²) in [6, 6.07) is 13.0. The molecule has 2 N–H and O–H groups in total. The minimum atomic E-state index is -3.88. The fraction of sp³-hybridized carbons (Fsp3) is 0.348. The number of carbonyl (C=O) groups is 2. The number of amides is 2. The number of rotatable bonds is 6. The molecule has 2 amide bonds. The SMILES string of the molecule is CC(=O)Nc1ccc(S(=O)(=O)N[C@@H](C)C(=O)N2CCC(c3nc4ccccc4s3)CC2)cc1. The van der Waals surface area contributed by atoms with Gasteiger partial charge in [0.25, 0.3) is 0 Å². The first-order valence-corrected chi connectivity index (χ1v) is 13.1. The molecule has 1 aliphatic heterocycles. The monoisotopic (exact) mass is 486 g/mol. The number of nitrogens with one attached hydrogen (secondary N) is 2. The van der Waals surface area contributed by atoms with Gasteiger partial charge in [-0.25, -0.2) is 13.4 Å². The van der Waals surface area contributed by atoms with Gasteiger partial charge >= 0.3 is 0 Å². The second-order valence-corrected chi connectivity index (χ2v) is 10.9. The number of fused-ring (bicyclic) bond motifs is 1. The van der Waals surface area contributed by atoms with Crippen molar-refractivity contribution in [2.24, 2.45) is 0 Å².